The van der Waals surface area contributed by atoms with Crippen molar-refractivity contribution >= 4 is 11.8 Å². The summed E-state index contributed by atoms with van der Waals surface area (Å²) < 4.78 is 4.99. The van der Waals surface area contributed by atoms with E-state index in [9.17, 15) is 20.0 Å². The molecule has 0 atom stereocenters. The van der Waals surface area contributed by atoms with Gasteiger partial charge in [-0.2, -0.15) is 5.26 Å². The molecule has 0 unspecified atom stereocenters. The van der Waals surface area contributed by atoms with Crippen molar-refractivity contribution in [1.29, 1.82) is 5.26 Å². The average molecular weight is 351 g/mol. The lowest BCUT2D eigenvalue weighted by molar-refractivity contribution is -0.385. The Bertz CT molecular complexity index is 924. The number of nitrogens with zero attached hydrogens (tertiary/aromatic N) is 2. The van der Waals surface area contributed by atoms with Gasteiger partial charge in [-0.1, -0.05) is 42.2 Å². The van der Waals surface area contributed by atoms with E-state index < -0.39 is 22.5 Å². The number of hydrogen-bond donors (Lipinski definition) is 2. The molecule has 0 bridgehead atoms. The molecule has 0 spiro atoms. The second-order valence-corrected chi connectivity index (χ2v) is 4.98. The Morgan fingerprint density at radius 3 is 2.69 bits per heavy atom. The zero-order valence-corrected chi connectivity index (χ0v) is 13.4. The van der Waals surface area contributed by atoms with Crippen molar-refractivity contribution < 1.29 is 19.6 Å². The smallest absolute Gasteiger partial charge is 0.408 e. The Morgan fingerprint density at radius 2 is 2.04 bits per heavy atom. The van der Waals surface area contributed by atoms with E-state index in [4.69, 9.17) is 10.00 Å². The summed E-state index contributed by atoms with van der Waals surface area (Å²) in [6, 6.07) is 13.1. The summed E-state index contributed by atoms with van der Waals surface area (Å²) in [4.78, 5) is 21.6. The van der Waals surface area contributed by atoms with Gasteiger partial charge in [-0.05, 0) is 11.6 Å². The van der Waals surface area contributed by atoms with Gasteiger partial charge in [0.25, 0.3) is 0 Å². The van der Waals surface area contributed by atoms with Crippen molar-refractivity contribution in [3.05, 3.63) is 69.3 Å². The quantitative estimate of drug-likeness (QED) is 0.495. The third kappa shape index (κ3) is 4.98. The molecule has 8 nitrogen and oxygen atoms in total. The Labute approximate surface area is 148 Å². The van der Waals surface area contributed by atoms with Crippen molar-refractivity contribution in [1.82, 2.24) is 5.32 Å². The van der Waals surface area contributed by atoms with Crippen LogP contribution in [0.1, 0.15) is 16.7 Å². The van der Waals surface area contributed by atoms with Crippen molar-refractivity contribution in [2.45, 2.75) is 6.61 Å². The van der Waals surface area contributed by atoms with Gasteiger partial charge in [0.2, 0.25) is 5.75 Å². The van der Waals surface area contributed by atoms with Crippen LogP contribution in [0.15, 0.2) is 42.5 Å². The molecule has 2 rings (SSSR count). The predicted molar refractivity (Wildman–Crippen MR) is 91.0 cm³/mol. The number of phenols is 1. The minimum Gasteiger partial charge on any atom is -0.501 e. The molecule has 26 heavy (non-hydrogen) atoms. The maximum Gasteiger partial charge on any atom is 0.408 e. The Hall–Kier alpha value is -4.04. The molecule has 130 valence electrons. The van der Waals surface area contributed by atoms with Crippen LogP contribution in [0, 0.1) is 33.3 Å². The number of amides is 1. The number of carbonyl (C=O) groups excluding carboxylic acids is 1. The van der Waals surface area contributed by atoms with Crippen molar-refractivity contribution in [3.63, 3.8) is 0 Å². The minimum atomic E-state index is -0.805. The van der Waals surface area contributed by atoms with E-state index in [-0.39, 0.29) is 24.3 Å². The van der Waals surface area contributed by atoms with Crippen LogP contribution < -0.4 is 5.32 Å². The maximum atomic E-state index is 11.6. The lowest BCUT2D eigenvalue weighted by atomic mass is 10.1. The van der Waals surface area contributed by atoms with E-state index in [0.717, 1.165) is 11.6 Å². The molecular formula is C18H13N3O5. The van der Waals surface area contributed by atoms with Crippen LogP contribution in [-0.2, 0) is 11.3 Å². The summed E-state index contributed by atoms with van der Waals surface area (Å²) in [5, 5.41) is 32.0. The van der Waals surface area contributed by atoms with Crippen molar-refractivity contribution in [3.8, 4) is 23.7 Å². The summed E-state index contributed by atoms with van der Waals surface area (Å²) in [6.45, 7) is 0.00887. The van der Waals surface area contributed by atoms with E-state index >= 15 is 0 Å². The van der Waals surface area contributed by atoms with E-state index in [1.807, 2.05) is 30.3 Å². The SMILES string of the molecule is N#Cc1cc(C#CCNC(=O)OCc2ccccc2)c(O)c([N+](=O)[O-])c1. The fourth-order valence-corrected chi connectivity index (χ4v) is 1.95. The largest absolute Gasteiger partial charge is 0.501 e. The van der Waals surface area contributed by atoms with Gasteiger partial charge in [0.1, 0.15) is 6.61 Å². The molecule has 2 N–H and O–H groups in total. The van der Waals surface area contributed by atoms with Gasteiger partial charge in [0, 0.05) is 6.07 Å². The molecule has 8 heteroatoms. The van der Waals surface area contributed by atoms with E-state index in [2.05, 4.69) is 17.2 Å². The van der Waals surface area contributed by atoms with Crippen molar-refractivity contribution in [2.24, 2.45) is 0 Å². The second-order valence-electron chi connectivity index (χ2n) is 4.98. The number of carbonyl (C=O) groups is 1. The van der Waals surface area contributed by atoms with Crippen LogP contribution in [0.5, 0.6) is 5.75 Å². The second kappa shape index (κ2) is 8.71. The first kappa shape index (κ1) is 18.3. The van der Waals surface area contributed by atoms with Gasteiger partial charge in [0.15, 0.2) is 0 Å². The first-order valence-corrected chi connectivity index (χ1v) is 7.36. The first-order chi connectivity index (χ1) is 12.5. The molecule has 2 aromatic carbocycles. The summed E-state index contributed by atoms with van der Waals surface area (Å²) in [7, 11) is 0. The van der Waals surface area contributed by atoms with E-state index in [1.54, 1.807) is 6.07 Å². The number of rotatable bonds is 4. The van der Waals surface area contributed by atoms with E-state index in [1.165, 1.54) is 6.07 Å². The van der Waals surface area contributed by atoms with Crippen LogP contribution in [0.2, 0.25) is 0 Å². The molecule has 0 saturated carbocycles. The summed E-state index contributed by atoms with van der Waals surface area (Å²) in [6.07, 6.45) is -0.677. The van der Waals surface area contributed by atoms with E-state index in [0.29, 0.717) is 0 Å². The van der Waals surface area contributed by atoms with Crippen LogP contribution in [0.4, 0.5) is 10.5 Å². The molecule has 0 saturated heterocycles. The number of nitrogens with one attached hydrogen (secondary N) is 1. The summed E-state index contributed by atoms with van der Waals surface area (Å²) in [5.41, 5.74) is 0.145. The highest BCUT2D eigenvalue weighted by atomic mass is 16.6. The highest BCUT2D eigenvalue weighted by molar-refractivity contribution is 5.67. The Balaban J connectivity index is 1.95. The molecule has 0 heterocycles. The number of ether oxygens (including phenoxy) is 1. The lowest BCUT2D eigenvalue weighted by Crippen LogP contribution is -2.24. The Morgan fingerprint density at radius 1 is 1.31 bits per heavy atom. The molecule has 0 radical (unpaired) electrons. The number of alkyl carbamates (subject to hydrolysis) is 1. The van der Waals surface area contributed by atoms with Crippen LogP contribution in [0.25, 0.3) is 0 Å². The number of nitro benzene ring substituents is 1. The standard InChI is InChI=1S/C18H13N3O5/c19-11-14-9-15(17(22)16(10-14)21(24)25)7-4-8-20-18(23)26-12-13-5-2-1-3-6-13/h1-3,5-6,9-10,22H,8,12H2,(H,20,23). The molecular weight excluding hydrogens is 338 g/mol. The third-order valence-corrected chi connectivity index (χ3v) is 3.17. The summed E-state index contributed by atoms with van der Waals surface area (Å²) in [5.74, 6) is 4.39. The minimum absolute atomic E-state index is 0.00553. The molecule has 0 fully saturated rings. The number of aromatic hydroxyl groups is 1. The fraction of sp³-hybridized carbons (Fsp3) is 0.111. The molecule has 0 aliphatic heterocycles. The van der Waals surface area contributed by atoms with Crippen LogP contribution in [-0.4, -0.2) is 22.7 Å². The topological polar surface area (TPSA) is 125 Å². The van der Waals surface area contributed by atoms with Gasteiger partial charge < -0.3 is 15.2 Å². The average Bonchev–Trinajstić information content (AvgIpc) is 2.65. The van der Waals surface area contributed by atoms with Crippen LogP contribution >= 0.6 is 0 Å². The number of phenolic OH excluding ortho intramolecular Hbond substituents is 1. The fourth-order valence-electron chi connectivity index (χ4n) is 1.95. The molecule has 2 aromatic rings. The first-order valence-electron chi connectivity index (χ1n) is 7.36. The zero-order chi connectivity index (χ0) is 18.9. The van der Waals surface area contributed by atoms with Crippen molar-refractivity contribution in [2.75, 3.05) is 6.54 Å². The number of nitriles is 1. The summed E-state index contributed by atoms with van der Waals surface area (Å²) >= 11 is 0. The lowest BCUT2D eigenvalue weighted by Gasteiger charge is -2.04. The zero-order valence-electron chi connectivity index (χ0n) is 13.4. The van der Waals surface area contributed by atoms with Crippen LogP contribution in [0.3, 0.4) is 0 Å². The molecule has 1 amide bonds. The number of nitro groups is 1. The predicted octanol–water partition coefficient (Wildman–Crippen LogP) is 2.45. The normalized spacial score (nSPS) is 9.35. The maximum absolute atomic E-state index is 11.6. The van der Waals surface area contributed by atoms with Gasteiger partial charge >= 0.3 is 11.8 Å². The highest BCUT2D eigenvalue weighted by Crippen LogP contribution is 2.30. The van der Waals surface area contributed by atoms with Gasteiger partial charge in [0.05, 0.1) is 28.7 Å². The highest BCUT2D eigenvalue weighted by Gasteiger charge is 2.18. The van der Waals surface area contributed by atoms with Gasteiger partial charge in [-0.3, -0.25) is 10.1 Å². The molecule has 0 aromatic heterocycles. The monoisotopic (exact) mass is 351 g/mol. The number of benzene rings is 2. The van der Waals surface area contributed by atoms with Gasteiger partial charge in [-0.25, -0.2) is 4.79 Å². The Kier molecular flexibility index (Phi) is 6.13. The molecule has 0 aliphatic carbocycles. The number of hydrogen-bond acceptors (Lipinski definition) is 6. The third-order valence-electron chi connectivity index (χ3n) is 3.17. The van der Waals surface area contributed by atoms with Gasteiger partial charge in [-0.15, -0.1) is 0 Å². The molecule has 0 aliphatic rings.